The van der Waals surface area contributed by atoms with Crippen LogP contribution >= 0.6 is 11.3 Å². The van der Waals surface area contributed by atoms with Crippen molar-refractivity contribution in [2.24, 2.45) is 0 Å². The number of aromatic nitrogens is 3. The van der Waals surface area contributed by atoms with Gasteiger partial charge >= 0.3 is 0 Å². The van der Waals surface area contributed by atoms with Crippen LogP contribution in [0.1, 0.15) is 28.6 Å². The van der Waals surface area contributed by atoms with Gasteiger partial charge in [-0.1, -0.05) is 0 Å². The van der Waals surface area contributed by atoms with E-state index < -0.39 is 0 Å². The van der Waals surface area contributed by atoms with Gasteiger partial charge in [0.2, 0.25) is 0 Å². The number of amides is 1. The first-order chi connectivity index (χ1) is 11.3. The van der Waals surface area contributed by atoms with Crippen LogP contribution in [0.15, 0.2) is 47.5 Å². The zero-order chi connectivity index (χ0) is 15.6. The molecule has 1 unspecified atom stereocenters. The quantitative estimate of drug-likeness (QED) is 0.741. The molecule has 4 heterocycles. The molecule has 0 N–H and O–H groups in total. The van der Waals surface area contributed by atoms with Crippen LogP contribution in [0.4, 0.5) is 0 Å². The molecular weight excluding hydrogens is 312 g/mol. The van der Waals surface area contributed by atoms with E-state index in [1.165, 1.54) is 11.3 Å². The summed E-state index contributed by atoms with van der Waals surface area (Å²) >= 11 is 1.37. The average molecular weight is 328 g/mol. The number of likely N-dealkylation sites (tertiary alicyclic amines) is 1. The third-order valence-corrected chi connectivity index (χ3v) is 5.03. The maximum Gasteiger partial charge on any atom is 0.265 e. The first-order valence-electron chi connectivity index (χ1n) is 7.59. The van der Waals surface area contributed by atoms with Gasteiger partial charge in [0.25, 0.3) is 5.91 Å². The first kappa shape index (κ1) is 14.2. The highest BCUT2D eigenvalue weighted by molar-refractivity contribution is 7.16. The molecular formula is C16H16N4O2S. The summed E-state index contributed by atoms with van der Waals surface area (Å²) in [6.45, 7) is 1.47. The van der Waals surface area contributed by atoms with Gasteiger partial charge in [-0.05, 0) is 31.0 Å². The molecule has 3 aromatic heterocycles. The molecule has 3 aromatic rings. The van der Waals surface area contributed by atoms with Gasteiger partial charge < -0.3 is 9.32 Å². The summed E-state index contributed by atoms with van der Waals surface area (Å²) in [6.07, 6.45) is 9.02. The largest absolute Gasteiger partial charge is 0.462 e. The van der Waals surface area contributed by atoms with Crippen LogP contribution in [-0.4, -0.2) is 38.7 Å². The van der Waals surface area contributed by atoms with Crippen molar-refractivity contribution in [3.05, 3.63) is 47.9 Å². The van der Waals surface area contributed by atoms with E-state index in [0.29, 0.717) is 17.2 Å². The van der Waals surface area contributed by atoms with Gasteiger partial charge in [0, 0.05) is 25.5 Å². The molecule has 0 aromatic carbocycles. The molecule has 0 aliphatic carbocycles. The molecule has 1 saturated heterocycles. The summed E-state index contributed by atoms with van der Waals surface area (Å²) in [6, 6.07) is 5.83. The minimum Gasteiger partial charge on any atom is -0.462 e. The molecule has 1 aliphatic rings. The van der Waals surface area contributed by atoms with Crippen molar-refractivity contribution >= 4 is 17.2 Å². The number of nitrogens with zero attached hydrogens (tertiary/aromatic N) is 4. The zero-order valence-electron chi connectivity index (χ0n) is 12.5. The maximum absolute atomic E-state index is 12.7. The van der Waals surface area contributed by atoms with E-state index in [1.54, 1.807) is 18.7 Å². The van der Waals surface area contributed by atoms with Crippen LogP contribution in [0.2, 0.25) is 0 Å². The average Bonchev–Trinajstić information content (AvgIpc) is 3.36. The van der Waals surface area contributed by atoms with Crippen molar-refractivity contribution in [2.45, 2.75) is 18.9 Å². The molecule has 1 fully saturated rings. The molecule has 0 radical (unpaired) electrons. The van der Waals surface area contributed by atoms with Crippen molar-refractivity contribution in [3.8, 4) is 10.8 Å². The lowest BCUT2D eigenvalue weighted by molar-refractivity contribution is 0.0677. The number of carbonyl (C=O) groups excluding carboxylic acids is 1. The second kappa shape index (κ2) is 6.00. The SMILES string of the molecule is O=C(c1cnc(-c2ccco2)s1)N1CCCC(n2cccn2)C1. The minimum atomic E-state index is 0.0390. The maximum atomic E-state index is 12.7. The summed E-state index contributed by atoms with van der Waals surface area (Å²) < 4.78 is 7.28. The van der Waals surface area contributed by atoms with E-state index in [9.17, 15) is 4.79 Å². The second-order valence-corrected chi connectivity index (χ2v) is 6.57. The number of hydrogen-bond donors (Lipinski definition) is 0. The molecule has 6 nitrogen and oxygen atoms in total. The lowest BCUT2D eigenvalue weighted by atomic mass is 10.1. The van der Waals surface area contributed by atoms with Crippen LogP contribution in [-0.2, 0) is 0 Å². The number of piperidine rings is 1. The Hall–Kier alpha value is -2.41. The predicted molar refractivity (Wildman–Crippen MR) is 86.2 cm³/mol. The Morgan fingerprint density at radius 3 is 3.13 bits per heavy atom. The highest BCUT2D eigenvalue weighted by Crippen LogP contribution is 2.28. The molecule has 0 saturated carbocycles. The number of thiazole rings is 1. The smallest absolute Gasteiger partial charge is 0.265 e. The summed E-state index contributed by atoms with van der Waals surface area (Å²) in [4.78, 5) is 19.6. The van der Waals surface area contributed by atoms with E-state index in [0.717, 1.165) is 24.4 Å². The van der Waals surface area contributed by atoms with Gasteiger partial charge in [0.15, 0.2) is 10.8 Å². The van der Waals surface area contributed by atoms with Gasteiger partial charge in [0.1, 0.15) is 4.88 Å². The Balaban J connectivity index is 1.50. The van der Waals surface area contributed by atoms with Crippen LogP contribution in [0.5, 0.6) is 0 Å². The zero-order valence-corrected chi connectivity index (χ0v) is 13.3. The standard InChI is InChI=1S/C16H16N4O2S/c21-16(14-10-17-15(23-14)13-5-2-9-22-13)19-7-1-4-12(11-19)20-8-3-6-18-20/h2-3,5-6,8-10,12H,1,4,7,11H2. The Kier molecular flexibility index (Phi) is 3.70. The molecule has 4 rings (SSSR count). The summed E-state index contributed by atoms with van der Waals surface area (Å²) in [5.41, 5.74) is 0. The van der Waals surface area contributed by atoms with Crippen molar-refractivity contribution in [1.82, 2.24) is 19.7 Å². The first-order valence-corrected chi connectivity index (χ1v) is 8.41. The molecule has 1 amide bonds. The van der Waals surface area contributed by atoms with E-state index in [2.05, 4.69) is 10.1 Å². The van der Waals surface area contributed by atoms with E-state index in [1.807, 2.05) is 34.0 Å². The van der Waals surface area contributed by atoms with Crippen LogP contribution in [0.3, 0.4) is 0 Å². The van der Waals surface area contributed by atoms with Gasteiger partial charge in [0.05, 0.1) is 18.5 Å². The van der Waals surface area contributed by atoms with Crippen LogP contribution < -0.4 is 0 Å². The molecule has 118 valence electrons. The van der Waals surface area contributed by atoms with Gasteiger partial charge in [-0.15, -0.1) is 11.3 Å². The Morgan fingerprint density at radius 2 is 2.35 bits per heavy atom. The predicted octanol–water partition coefficient (Wildman–Crippen LogP) is 3.08. The summed E-state index contributed by atoms with van der Waals surface area (Å²) in [5.74, 6) is 0.735. The lowest BCUT2D eigenvalue weighted by Crippen LogP contribution is -2.40. The lowest BCUT2D eigenvalue weighted by Gasteiger charge is -2.32. The third kappa shape index (κ3) is 2.79. The van der Waals surface area contributed by atoms with Crippen molar-refractivity contribution < 1.29 is 9.21 Å². The molecule has 1 atom stereocenters. The molecule has 23 heavy (non-hydrogen) atoms. The fourth-order valence-electron chi connectivity index (χ4n) is 2.89. The fourth-order valence-corrected chi connectivity index (χ4v) is 3.75. The highest BCUT2D eigenvalue weighted by Gasteiger charge is 2.27. The monoisotopic (exact) mass is 328 g/mol. The van der Waals surface area contributed by atoms with Crippen molar-refractivity contribution in [2.75, 3.05) is 13.1 Å². The molecule has 7 heteroatoms. The van der Waals surface area contributed by atoms with Crippen molar-refractivity contribution in [1.29, 1.82) is 0 Å². The number of furan rings is 1. The van der Waals surface area contributed by atoms with E-state index >= 15 is 0 Å². The molecule has 0 spiro atoms. The van der Waals surface area contributed by atoms with Crippen molar-refractivity contribution in [3.63, 3.8) is 0 Å². The topological polar surface area (TPSA) is 64.2 Å². The Labute approximate surface area is 137 Å². The minimum absolute atomic E-state index is 0.0390. The number of hydrogen-bond acceptors (Lipinski definition) is 5. The second-order valence-electron chi connectivity index (χ2n) is 5.54. The Bertz CT molecular complexity index is 779. The van der Waals surface area contributed by atoms with Crippen LogP contribution in [0.25, 0.3) is 10.8 Å². The summed E-state index contributed by atoms with van der Waals surface area (Å²) in [5, 5.41) is 5.04. The summed E-state index contributed by atoms with van der Waals surface area (Å²) in [7, 11) is 0. The number of carbonyl (C=O) groups is 1. The highest BCUT2D eigenvalue weighted by atomic mass is 32.1. The van der Waals surface area contributed by atoms with E-state index in [-0.39, 0.29) is 11.9 Å². The number of rotatable bonds is 3. The van der Waals surface area contributed by atoms with Gasteiger partial charge in [-0.2, -0.15) is 5.10 Å². The van der Waals surface area contributed by atoms with Gasteiger partial charge in [-0.3, -0.25) is 9.48 Å². The Morgan fingerprint density at radius 1 is 1.39 bits per heavy atom. The fraction of sp³-hybridized carbons (Fsp3) is 0.312. The van der Waals surface area contributed by atoms with Crippen LogP contribution in [0, 0.1) is 0 Å². The molecule has 0 bridgehead atoms. The third-order valence-electron chi connectivity index (χ3n) is 4.03. The van der Waals surface area contributed by atoms with E-state index in [4.69, 9.17) is 4.42 Å². The molecule has 1 aliphatic heterocycles. The van der Waals surface area contributed by atoms with Gasteiger partial charge in [-0.25, -0.2) is 4.98 Å². The normalized spacial score (nSPS) is 18.3.